The van der Waals surface area contributed by atoms with E-state index in [1.807, 2.05) is 0 Å². The van der Waals surface area contributed by atoms with Gasteiger partial charge in [-0.05, 0) is 12.8 Å². The highest BCUT2D eigenvalue weighted by molar-refractivity contribution is 5.80. The first-order chi connectivity index (χ1) is 6.72. The van der Waals surface area contributed by atoms with Crippen LogP contribution in [0.5, 0.6) is 0 Å². The molecule has 2 aliphatic rings. The third-order valence-electron chi connectivity index (χ3n) is 3.37. The Bertz CT molecular complexity index is 230. The summed E-state index contributed by atoms with van der Waals surface area (Å²) in [5, 5.41) is 0. The van der Waals surface area contributed by atoms with E-state index in [1.54, 1.807) is 4.90 Å². The lowest BCUT2D eigenvalue weighted by Crippen LogP contribution is -2.44. The molecule has 2 fully saturated rings. The third-order valence-corrected chi connectivity index (χ3v) is 3.37. The first kappa shape index (κ1) is 9.90. The van der Waals surface area contributed by atoms with Gasteiger partial charge >= 0.3 is 0 Å². The number of nitrogens with zero attached hydrogens (tertiary/aromatic N) is 1. The van der Waals surface area contributed by atoms with Gasteiger partial charge in [-0.2, -0.15) is 0 Å². The second kappa shape index (κ2) is 3.85. The Morgan fingerprint density at radius 3 is 2.71 bits per heavy atom. The van der Waals surface area contributed by atoms with Crippen LogP contribution < -0.4 is 5.73 Å². The second-order valence-corrected chi connectivity index (χ2v) is 4.34. The minimum Gasteiger partial charge on any atom is -0.335 e. The summed E-state index contributed by atoms with van der Waals surface area (Å²) >= 11 is 0. The fourth-order valence-electron chi connectivity index (χ4n) is 2.24. The maximum atomic E-state index is 13.1. The summed E-state index contributed by atoms with van der Waals surface area (Å²) in [6.07, 6.45) is 2.64. The third kappa shape index (κ3) is 1.63. The monoisotopic (exact) mass is 200 g/mol. The normalized spacial score (nSPS) is 33.1. The van der Waals surface area contributed by atoms with E-state index in [9.17, 15) is 9.18 Å². The van der Waals surface area contributed by atoms with E-state index in [0.717, 1.165) is 19.3 Å². The Labute approximate surface area is 83.4 Å². The topological polar surface area (TPSA) is 46.3 Å². The van der Waals surface area contributed by atoms with Gasteiger partial charge in [0.05, 0.1) is 6.54 Å². The van der Waals surface area contributed by atoms with Crippen molar-refractivity contribution in [3.05, 3.63) is 0 Å². The van der Waals surface area contributed by atoms with E-state index in [2.05, 4.69) is 0 Å². The molecule has 2 atom stereocenters. The van der Waals surface area contributed by atoms with Crippen molar-refractivity contribution in [2.24, 2.45) is 11.7 Å². The lowest BCUT2D eigenvalue weighted by molar-refractivity contribution is -0.139. The highest BCUT2D eigenvalue weighted by Gasteiger charge is 2.38. The van der Waals surface area contributed by atoms with Crippen LogP contribution in [0, 0.1) is 5.92 Å². The number of nitrogens with two attached hydrogens (primary N) is 1. The summed E-state index contributed by atoms with van der Waals surface area (Å²) < 4.78 is 13.1. The average molecular weight is 200 g/mol. The zero-order valence-electron chi connectivity index (χ0n) is 8.29. The summed E-state index contributed by atoms with van der Waals surface area (Å²) in [6, 6.07) is -0.0573. The molecule has 0 aromatic rings. The molecule has 1 heterocycles. The summed E-state index contributed by atoms with van der Waals surface area (Å²) in [5.41, 5.74) is 5.52. The summed E-state index contributed by atoms with van der Waals surface area (Å²) in [5.74, 6) is 0.293. The van der Waals surface area contributed by atoms with Crippen molar-refractivity contribution >= 4 is 5.91 Å². The maximum absolute atomic E-state index is 13.1. The van der Waals surface area contributed by atoms with Crippen LogP contribution >= 0.6 is 0 Å². The molecule has 0 spiro atoms. The molecule has 0 radical (unpaired) electrons. The van der Waals surface area contributed by atoms with Gasteiger partial charge in [-0.25, -0.2) is 4.39 Å². The molecule has 0 unspecified atom stereocenters. The van der Waals surface area contributed by atoms with E-state index >= 15 is 0 Å². The molecule has 1 aliphatic carbocycles. The minimum absolute atomic E-state index is 0.0573. The molecule has 1 saturated carbocycles. The highest BCUT2D eigenvalue weighted by atomic mass is 19.1. The standard InChI is InChI=1S/C10H17FN2O/c11-8-4-9(5-12)13(6-8)10(14)7-2-1-3-7/h7-9H,1-6,12H2/t8-,9+/m1/s1. The molecule has 1 amide bonds. The van der Waals surface area contributed by atoms with Gasteiger partial charge in [0, 0.05) is 24.9 Å². The van der Waals surface area contributed by atoms with E-state index in [1.165, 1.54) is 0 Å². The van der Waals surface area contributed by atoms with Crippen molar-refractivity contribution in [2.75, 3.05) is 13.1 Å². The SMILES string of the molecule is NC[C@@H]1C[C@@H](F)CN1C(=O)C1CCC1. The molecule has 0 aromatic carbocycles. The largest absolute Gasteiger partial charge is 0.335 e. The Kier molecular flexibility index (Phi) is 2.72. The van der Waals surface area contributed by atoms with Crippen LogP contribution in [0.2, 0.25) is 0 Å². The number of halogens is 1. The van der Waals surface area contributed by atoms with Gasteiger partial charge in [-0.15, -0.1) is 0 Å². The Morgan fingerprint density at radius 2 is 2.21 bits per heavy atom. The molecule has 14 heavy (non-hydrogen) atoms. The zero-order chi connectivity index (χ0) is 10.1. The molecular formula is C10H17FN2O. The van der Waals surface area contributed by atoms with Gasteiger partial charge in [-0.1, -0.05) is 6.42 Å². The van der Waals surface area contributed by atoms with Crippen molar-refractivity contribution in [3.63, 3.8) is 0 Å². The van der Waals surface area contributed by atoms with Crippen molar-refractivity contribution in [1.29, 1.82) is 0 Å². The minimum atomic E-state index is -0.868. The van der Waals surface area contributed by atoms with Gasteiger partial charge < -0.3 is 10.6 Å². The van der Waals surface area contributed by atoms with Gasteiger partial charge in [0.1, 0.15) is 6.17 Å². The Morgan fingerprint density at radius 1 is 1.50 bits per heavy atom. The van der Waals surface area contributed by atoms with Crippen molar-refractivity contribution < 1.29 is 9.18 Å². The molecule has 0 bridgehead atoms. The van der Waals surface area contributed by atoms with Crippen LogP contribution in [0.25, 0.3) is 0 Å². The molecule has 2 rings (SSSR count). The summed E-state index contributed by atoms with van der Waals surface area (Å²) in [4.78, 5) is 13.5. The molecule has 1 aliphatic heterocycles. The molecule has 3 nitrogen and oxygen atoms in total. The van der Waals surface area contributed by atoms with E-state index in [4.69, 9.17) is 5.73 Å². The fourth-order valence-corrected chi connectivity index (χ4v) is 2.24. The number of likely N-dealkylation sites (tertiary alicyclic amines) is 1. The van der Waals surface area contributed by atoms with Crippen LogP contribution in [0.1, 0.15) is 25.7 Å². The predicted octanol–water partition coefficient (Wildman–Crippen LogP) is 0.684. The van der Waals surface area contributed by atoms with Crippen LogP contribution in [-0.2, 0) is 4.79 Å². The van der Waals surface area contributed by atoms with Crippen LogP contribution in [0.15, 0.2) is 0 Å². The number of hydrogen-bond donors (Lipinski definition) is 1. The molecule has 2 N–H and O–H groups in total. The number of hydrogen-bond acceptors (Lipinski definition) is 2. The first-order valence-corrected chi connectivity index (χ1v) is 5.37. The number of carbonyl (C=O) groups excluding carboxylic acids is 1. The molecule has 0 aromatic heterocycles. The van der Waals surface area contributed by atoms with Gasteiger partial charge in [0.15, 0.2) is 0 Å². The summed E-state index contributed by atoms with van der Waals surface area (Å²) in [7, 11) is 0. The fraction of sp³-hybridized carbons (Fsp3) is 0.900. The molecular weight excluding hydrogens is 183 g/mol. The average Bonchev–Trinajstić information content (AvgIpc) is 2.43. The number of alkyl halides is 1. The first-order valence-electron chi connectivity index (χ1n) is 5.37. The quantitative estimate of drug-likeness (QED) is 0.712. The number of amides is 1. The number of carbonyl (C=O) groups is 1. The Balaban J connectivity index is 1.97. The van der Waals surface area contributed by atoms with Gasteiger partial charge in [0.25, 0.3) is 0 Å². The van der Waals surface area contributed by atoms with Crippen molar-refractivity contribution in [1.82, 2.24) is 4.90 Å². The lowest BCUT2D eigenvalue weighted by Gasteiger charge is -2.32. The second-order valence-electron chi connectivity index (χ2n) is 4.34. The predicted molar refractivity (Wildman–Crippen MR) is 51.4 cm³/mol. The van der Waals surface area contributed by atoms with Crippen LogP contribution in [0.3, 0.4) is 0 Å². The van der Waals surface area contributed by atoms with Crippen molar-refractivity contribution in [3.8, 4) is 0 Å². The van der Waals surface area contributed by atoms with Crippen LogP contribution in [-0.4, -0.2) is 36.1 Å². The van der Waals surface area contributed by atoms with E-state index in [0.29, 0.717) is 13.0 Å². The van der Waals surface area contributed by atoms with Gasteiger partial charge in [-0.3, -0.25) is 4.79 Å². The zero-order valence-corrected chi connectivity index (χ0v) is 8.29. The smallest absolute Gasteiger partial charge is 0.226 e. The number of rotatable bonds is 2. The van der Waals surface area contributed by atoms with E-state index < -0.39 is 6.17 Å². The van der Waals surface area contributed by atoms with Crippen molar-refractivity contribution in [2.45, 2.75) is 37.9 Å². The molecule has 4 heteroatoms. The molecule has 80 valence electrons. The molecule has 1 saturated heterocycles. The Hall–Kier alpha value is -0.640. The van der Waals surface area contributed by atoms with Gasteiger partial charge in [0.2, 0.25) is 5.91 Å². The summed E-state index contributed by atoms with van der Waals surface area (Å²) in [6.45, 7) is 0.649. The highest BCUT2D eigenvalue weighted by Crippen LogP contribution is 2.31. The lowest BCUT2D eigenvalue weighted by atomic mass is 9.84. The van der Waals surface area contributed by atoms with Crippen LogP contribution in [0.4, 0.5) is 4.39 Å². The maximum Gasteiger partial charge on any atom is 0.226 e. The van der Waals surface area contributed by atoms with E-state index in [-0.39, 0.29) is 24.4 Å².